The number of rotatable bonds is 39. The molecule has 0 bridgehead atoms. The molecule has 81 heavy (non-hydrogen) atoms. The molecule has 6 aromatic carbocycles. The summed E-state index contributed by atoms with van der Waals surface area (Å²) in [6, 6.07) is 39.0. The van der Waals surface area contributed by atoms with Gasteiger partial charge in [-0.25, -0.2) is 18.4 Å². The minimum Gasteiger partial charge on any atom is -0.494 e. The zero-order valence-corrected chi connectivity index (χ0v) is 49.2. The fourth-order valence-corrected chi connectivity index (χ4v) is 9.19. The molecule has 0 N–H and O–H groups in total. The SMILES string of the molecule is CCCCCCCCCOc1ccc(C(=O)Oc2ccc(-c3ccc(OCCCCCCCC)cc3)cc2)cc1F.CCCCCCCCOc1ccc(-c2ccc(OC(=O)c3ccc(OCCCCCCCC)c(F)c3)cc2)cc1. The molecule has 0 aromatic heterocycles. The zero-order valence-electron chi connectivity index (χ0n) is 49.2. The van der Waals surface area contributed by atoms with E-state index in [-0.39, 0.29) is 22.6 Å². The predicted octanol–water partition coefficient (Wildman–Crippen LogP) is 20.8. The lowest BCUT2D eigenvalue weighted by molar-refractivity contribution is 0.0724. The molecule has 10 heteroatoms. The number of esters is 2. The Hall–Kier alpha value is -6.68. The highest BCUT2D eigenvalue weighted by molar-refractivity contribution is 5.92. The molecule has 0 fully saturated rings. The van der Waals surface area contributed by atoms with Crippen LogP contribution in [-0.2, 0) is 0 Å². The highest BCUT2D eigenvalue weighted by Gasteiger charge is 2.15. The van der Waals surface area contributed by atoms with Gasteiger partial charge in [0.25, 0.3) is 0 Å². The van der Waals surface area contributed by atoms with Crippen molar-refractivity contribution in [3.05, 3.63) is 156 Å². The van der Waals surface area contributed by atoms with Crippen molar-refractivity contribution < 1.29 is 46.8 Å². The first kappa shape index (κ1) is 65.1. The van der Waals surface area contributed by atoms with E-state index in [4.69, 9.17) is 28.4 Å². The van der Waals surface area contributed by atoms with Crippen molar-refractivity contribution in [1.29, 1.82) is 0 Å². The van der Waals surface area contributed by atoms with Gasteiger partial charge < -0.3 is 28.4 Å². The second-order valence-corrected chi connectivity index (χ2v) is 21.0. The van der Waals surface area contributed by atoms with Gasteiger partial charge in [-0.2, -0.15) is 0 Å². The third kappa shape index (κ3) is 25.8. The lowest BCUT2D eigenvalue weighted by Gasteiger charge is -2.10. The standard InChI is InChI=1S/C36H47FO4.C35H45FO4/c1-3-5-7-9-11-13-15-27-40-35-25-20-31(28-34(35)37)36(38)41-33-23-18-30(19-24-33)29-16-21-32(22-17-29)39-26-14-12-10-8-6-4-2;1-3-5-7-9-11-13-25-38-31-20-15-28(16-21-31)29-17-22-32(23-18-29)40-35(37)30-19-24-34(33(36)27-30)39-26-14-12-10-8-6-4-2/h16-25,28H,3-15,26-27H2,1-2H3;15-24,27H,3-14,25-26H2,1-2H3. The molecule has 6 rings (SSSR count). The van der Waals surface area contributed by atoms with E-state index in [0.717, 1.165) is 85.5 Å². The van der Waals surface area contributed by atoms with Crippen LogP contribution < -0.4 is 28.4 Å². The highest BCUT2D eigenvalue weighted by atomic mass is 19.1. The summed E-state index contributed by atoms with van der Waals surface area (Å²) in [7, 11) is 0. The van der Waals surface area contributed by atoms with Gasteiger partial charge in [0.15, 0.2) is 23.1 Å². The molecule has 0 unspecified atom stereocenters. The van der Waals surface area contributed by atoms with Crippen LogP contribution in [0.25, 0.3) is 22.3 Å². The first-order valence-electron chi connectivity index (χ1n) is 30.7. The lowest BCUT2D eigenvalue weighted by Crippen LogP contribution is -2.09. The van der Waals surface area contributed by atoms with E-state index < -0.39 is 23.6 Å². The van der Waals surface area contributed by atoms with Crippen LogP contribution in [0.2, 0.25) is 0 Å². The van der Waals surface area contributed by atoms with Gasteiger partial charge in [-0.05, 0) is 133 Å². The predicted molar refractivity (Wildman–Crippen MR) is 327 cm³/mol. The van der Waals surface area contributed by atoms with Gasteiger partial charge >= 0.3 is 11.9 Å². The van der Waals surface area contributed by atoms with Crippen LogP contribution >= 0.6 is 0 Å². The van der Waals surface area contributed by atoms with E-state index in [1.807, 2.05) is 72.8 Å². The molecule has 0 aliphatic carbocycles. The molecular weight excluding hydrogens is 1020 g/mol. The molecule has 8 nitrogen and oxygen atoms in total. The monoisotopic (exact) mass is 1110 g/mol. The van der Waals surface area contributed by atoms with Crippen LogP contribution in [0.4, 0.5) is 8.78 Å². The molecule has 0 atom stereocenters. The van der Waals surface area contributed by atoms with Crippen molar-refractivity contribution in [2.75, 3.05) is 26.4 Å². The molecule has 0 radical (unpaired) electrons. The van der Waals surface area contributed by atoms with Crippen molar-refractivity contribution >= 4 is 11.9 Å². The highest BCUT2D eigenvalue weighted by Crippen LogP contribution is 2.29. The minimum atomic E-state index is -0.610. The Kier molecular flexibility index (Phi) is 31.9. The van der Waals surface area contributed by atoms with E-state index in [2.05, 4.69) is 27.7 Å². The molecule has 0 aliphatic rings. The normalized spacial score (nSPS) is 10.9. The molecule has 0 saturated carbocycles. The number of ether oxygens (including phenoxy) is 6. The van der Waals surface area contributed by atoms with Crippen molar-refractivity contribution in [2.24, 2.45) is 0 Å². The van der Waals surface area contributed by atoms with Crippen LogP contribution in [0.1, 0.15) is 209 Å². The van der Waals surface area contributed by atoms with Crippen LogP contribution in [0.3, 0.4) is 0 Å². The van der Waals surface area contributed by atoms with E-state index in [9.17, 15) is 18.4 Å². The smallest absolute Gasteiger partial charge is 0.343 e. The number of halogens is 2. The minimum absolute atomic E-state index is 0.144. The Morgan fingerprint density at radius 1 is 0.296 bits per heavy atom. The van der Waals surface area contributed by atoms with Crippen LogP contribution in [-0.4, -0.2) is 38.4 Å². The summed E-state index contributed by atoms with van der Waals surface area (Å²) >= 11 is 0. The summed E-state index contributed by atoms with van der Waals surface area (Å²) in [6.45, 7) is 11.3. The van der Waals surface area contributed by atoms with Crippen LogP contribution in [0, 0.1) is 11.6 Å². The number of carbonyl (C=O) groups excluding carboxylic acids is 2. The zero-order chi connectivity index (χ0) is 57.5. The largest absolute Gasteiger partial charge is 0.494 e. The Morgan fingerprint density at radius 2 is 0.543 bits per heavy atom. The molecule has 438 valence electrons. The Labute approximate surface area is 484 Å². The number of hydrogen-bond acceptors (Lipinski definition) is 8. The summed E-state index contributed by atoms with van der Waals surface area (Å²) in [6.07, 6.45) is 29.9. The number of hydrogen-bond donors (Lipinski definition) is 0. The number of unbranched alkanes of at least 4 members (excludes halogenated alkanes) is 21. The van der Waals surface area contributed by atoms with Crippen molar-refractivity contribution in [3.63, 3.8) is 0 Å². The van der Waals surface area contributed by atoms with Crippen molar-refractivity contribution in [2.45, 2.75) is 188 Å². The third-order valence-corrected chi connectivity index (χ3v) is 14.1. The van der Waals surface area contributed by atoms with Gasteiger partial charge in [0.1, 0.15) is 23.0 Å². The first-order chi connectivity index (χ1) is 39.7. The number of carbonyl (C=O) groups is 2. The van der Waals surface area contributed by atoms with Gasteiger partial charge in [-0.15, -0.1) is 0 Å². The van der Waals surface area contributed by atoms with E-state index in [1.54, 1.807) is 24.3 Å². The summed E-state index contributed by atoms with van der Waals surface area (Å²) < 4.78 is 62.9. The molecular formula is C71H92F2O8. The topological polar surface area (TPSA) is 89.5 Å². The maximum atomic E-state index is 14.5. The summed E-state index contributed by atoms with van der Waals surface area (Å²) in [5.74, 6) is 0.524. The van der Waals surface area contributed by atoms with E-state index in [1.165, 1.54) is 158 Å². The summed E-state index contributed by atoms with van der Waals surface area (Å²) in [5, 5.41) is 0. The average Bonchev–Trinajstić information content (AvgIpc) is 3.49. The van der Waals surface area contributed by atoms with E-state index in [0.29, 0.717) is 24.7 Å². The van der Waals surface area contributed by atoms with Crippen molar-refractivity contribution in [1.82, 2.24) is 0 Å². The summed E-state index contributed by atoms with van der Waals surface area (Å²) in [4.78, 5) is 25.2. The fourth-order valence-electron chi connectivity index (χ4n) is 9.19. The Bertz CT molecular complexity index is 2630. The van der Waals surface area contributed by atoms with Gasteiger partial charge in [0, 0.05) is 0 Å². The maximum Gasteiger partial charge on any atom is 0.343 e. The molecule has 0 heterocycles. The molecule has 0 saturated heterocycles. The maximum absolute atomic E-state index is 14.5. The molecule has 0 spiro atoms. The number of benzene rings is 6. The molecule has 0 aliphatic heterocycles. The summed E-state index contributed by atoms with van der Waals surface area (Å²) in [5.41, 5.74) is 4.38. The van der Waals surface area contributed by atoms with Gasteiger partial charge in [-0.1, -0.05) is 211 Å². The van der Waals surface area contributed by atoms with E-state index >= 15 is 0 Å². The van der Waals surface area contributed by atoms with Gasteiger partial charge in [-0.3, -0.25) is 0 Å². The second-order valence-electron chi connectivity index (χ2n) is 21.0. The lowest BCUT2D eigenvalue weighted by atomic mass is 10.1. The Balaban J connectivity index is 0.000000297. The third-order valence-electron chi connectivity index (χ3n) is 14.1. The quantitative estimate of drug-likeness (QED) is 0.0214. The van der Waals surface area contributed by atoms with Crippen molar-refractivity contribution in [3.8, 4) is 56.8 Å². The molecule has 6 aromatic rings. The van der Waals surface area contributed by atoms with Gasteiger partial charge in [0.2, 0.25) is 0 Å². The van der Waals surface area contributed by atoms with Crippen LogP contribution in [0.15, 0.2) is 133 Å². The van der Waals surface area contributed by atoms with Gasteiger partial charge in [0.05, 0.1) is 37.6 Å². The van der Waals surface area contributed by atoms with Crippen LogP contribution in [0.5, 0.6) is 34.5 Å². The second kappa shape index (κ2) is 39.7. The Morgan fingerprint density at radius 3 is 0.815 bits per heavy atom. The molecule has 0 amide bonds. The average molecular weight is 1110 g/mol. The fraction of sp³-hybridized carbons (Fsp3) is 0.465. The first-order valence-corrected chi connectivity index (χ1v) is 30.7.